The van der Waals surface area contributed by atoms with Crippen molar-refractivity contribution in [1.29, 1.82) is 5.26 Å². The van der Waals surface area contributed by atoms with Gasteiger partial charge in [-0.1, -0.05) is 0 Å². The van der Waals surface area contributed by atoms with Crippen molar-refractivity contribution >= 4 is 29.2 Å². The van der Waals surface area contributed by atoms with Crippen molar-refractivity contribution < 1.29 is 14.3 Å². The summed E-state index contributed by atoms with van der Waals surface area (Å²) in [7, 11) is 0. The minimum Gasteiger partial charge on any atom is -0.462 e. The van der Waals surface area contributed by atoms with Crippen LogP contribution in [-0.2, 0) is 4.74 Å². The first-order valence-electron chi connectivity index (χ1n) is 7.33. The van der Waals surface area contributed by atoms with Crippen molar-refractivity contribution in [2.75, 3.05) is 6.61 Å². The van der Waals surface area contributed by atoms with E-state index in [2.05, 4.69) is 9.97 Å². The standard InChI is InChI=1S/C17H17N3O3S/c1-5-23-17(22)14-9(2)15(19-10(14)3)16(21)12(7-18)6-13-8-24-11(4)20-13/h6,8,19H,5H2,1-4H3/b12-6+. The predicted molar refractivity (Wildman–Crippen MR) is 91.0 cm³/mol. The number of ether oxygens (including phenoxy) is 1. The number of Topliss-reactive ketones (excluding diaryl/α,β-unsaturated/α-hetero) is 1. The number of hydrogen-bond acceptors (Lipinski definition) is 6. The van der Waals surface area contributed by atoms with Crippen LogP contribution in [0, 0.1) is 32.1 Å². The number of esters is 1. The van der Waals surface area contributed by atoms with Crippen molar-refractivity contribution in [2.24, 2.45) is 0 Å². The van der Waals surface area contributed by atoms with Gasteiger partial charge in [-0.15, -0.1) is 11.3 Å². The smallest absolute Gasteiger partial charge is 0.340 e. The number of rotatable bonds is 5. The van der Waals surface area contributed by atoms with Crippen LogP contribution in [0.4, 0.5) is 0 Å². The Bertz CT molecular complexity index is 868. The number of ketones is 1. The number of carbonyl (C=O) groups is 2. The Hall–Kier alpha value is -2.72. The Morgan fingerprint density at radius 2 is 2.12 bits per heavy atom. The average molecular weight is 343 g/mol. The molecule has 6 nitrogen and oxygen atoms in total. The molecule has 0 amide bonds. The van der Waals surface area contributed by atoms with Crippen molar-refractivity contribution in [2.45, 2.75) is 27.7 Å². The average Bonchev–Trinajstić information content (AvgIpc) is 3.07. The fraction of sp³-hybridized carbons (Fsp3) is 0.294. The second-order valence-corrected chi connectivity index (χ2v) is 6.20. The molecule has 24 heavy (non-hydrogen) atoms. The van der Waals surface area contributed by atoms with E-state index in [9.17, 15) is 14.9 Å². The highest BCUT2D eigenvalue weighted by molar-refractivity contribution is 7.09. The summed E-state index contributed by atoms with van der Waals surface area (Å²) in [5.41, 5.74) is 2.09. The number of carbonyl (C=O) groups excluding carboxylic acids is 2. The Labute approximate surface area is 143 Å². The second-order valence-electron chi connectivity index (χ2n) is 5.14. The zero-order chi connectivity index (χ0) is 17.9. The molecule has 124 valence electrons. The maximum atomic E-state index is 12.7. The topological polar surface area (TPSA) is 95.8 Å². The summed E-state index contributed by atoms with van der Waals surface area (Å²) in [6.07, 6.45) is 1.45. The quantitative estimate of drug-likeness (QED) is 0.389. The molecule has 2 heterocycles. The number of aromatic amines is 1. The van der Waals surface area contributed by atoms with Gasteiger partial charge in [0, 0.05) is 11.1 Å². The third-order valence-electron chi connectivity index (χ3n) is 3.44. The fourth-order valence-electron chi connectivity index (χ4n) is 2.36. The number of aryl methyl sites for hydroxylation is 2. The maximum Gasteiger partial charge on any atom is 0.340 e. The fourth-order valence-corrected chi connectivity index (χ4v) is 2.93. The normalized spacial score (nSPS) is 11.2. The Morgan fingerprint density at radius 1 is 1.42 bits per heavy atom. The molecule has 2 aromatic heterocycles. The summed E-state index contributed by atoms with van der Waals surface area (Å²) >= 11 is 1.44. The lowest BCUT2D eigenvalue weighted by Gasteiger charge is -2.02. The van der Waals surface area contributed by atoms with E-state index in [0.717, 1.165) is 5.01 Å². The van der Waals surface area contributed by atoms with Crippen LogP contribution in [0.2, 0.25) is 0 Å². The van der Waals surface area contributed by atoms with Gasteiger partial charge in [-0.05, 0) is 39.3 Å². The Balaban J connectivity index is 2.42. The van der Waals surface area contributed by atoms with Gasteiger partial charge in [-0.3, -0.25) is 4.79 Å². The van der Waals surface area contributed by atoms with Gasteiger partial charge in [-0.25, -0.2) is 9.78 Å². The number of hydrogen-bond donors (Lipinski definition) is 1. The summed E-state index contributed by atoms with van der Waals surface area (Å²) in [5, 5.41) is 11.9. The van der Waals surface area contributed by atoms with Crippen LogP contribution < -0.4 is 0 Å². The van der Waals surface area contributed by atoms with Crippen LogP contribution in [0.15, 0.2) is 11.0 Å². The number of H-pyrrole nitrogens is 1. The molecule has 0 aliphatic rings. The van der Waals surface area contributed by atoms with Gasteiger partial charge < -0.3 is 9.72 Å². The molecule has 0 aliphatic heterocycles. The third-order valence-corrected chi connectivity index (χ3v) is 4.23. The summed E-state index contributed by atoms with van der Waals surface area (Å²) < 4.78 is 5.01. The minimum atomic E-state index is -0.486. The Morgan fingerprint density at radius 3 is 2.67 bits per heavy atom. The molecule has 0 spiro atoms. The molecule has 0 saturated carbocycles. The summed E-state index contributed by atoms with van der Waals surface area (Å²) in [4.78, 5) is 31.8. The van der Waals surface area contributed by atoms with Crippen LogP contribution in [0.25, 0.3) is 6.08 Å². The zero-order valence-electron chi connectivity index (χ0n) is 13.9. The SMILES string of the molecule is CCOC(=O)c1c(C)[nH]c(C(=O)/C(C#N)=C/c2csc(C)n2)c1C. The van der Waals surface area contributed by atoms with Gasteiger partial charge in [-0.2, -0.15) is 5.26 Å². The van der Waals surface area contributed by atoms with E-state index in [4.69, 9.17) is 4.74 Å². The number of aromatic nitrogens is 2. The molecule has 2 aromatic rings. The molecule has 0 fully saturated rings. The molecule has 0 aliphatic carbocycles. The van der Waals surface area contributed by atoms with Crippen LogP contribution in [-0.4, -0.2) is 28.3 Å². The van der Waals surface area contributed by atoms with Gasteiger partial charge in [0.05, 0.1) is 28.6 Å². The molecule has 0 unspecified atom stereocenters. The highest BCUT2D eigenvalue weighted by Crippen LogP contribution is 2.22. The Kier molecular flexibility index (Phi) is 5.31. The number of thiazole rings is 1. The van der Waals surface area contributed by atoms with Crippen molar-refractivity contribution in [3.63, 3.8) is 0 Å². The van der Waals surface area contributed by atoms with E-state index >= 15 is 0 Å². The minimum absolute atomic E-state index is 0.0416. The first-order valence-corrected chi connectivity index (χ1v) is 8.21. The second kappa shape index (κ2) is 7.23. The highest BCUT2D eigenvalue weighted by atomic mass is 32.1. The van der Waals surface area contributed by atoms with Crippen LogP contribution in [0.1, 0.15) is 49.7 Å². The first kappa shape index (κ1) is 17.6. The van der Waals surface area contributed by atoms with E-state index in [-0.39, 0.29) is 17.9 Å². The summed E-state index contributed by atoms with van der Waals surface area (Å²) in [6, 6.07) is 1.91. The molecule has 2 rings (SSSR count). The van der Waals surface area contributed by atoms with Gasteiger partial charge in [0.15, 0.2) is 0 Å². The molecule has 0 atom stereocenters. The monoisotopic (exact) mass is 343 g/mol. The molecule has 0 bridgehead atoms. The van der Waals surface area contributed by atoms with E-state index < -0.39 is 11.8 Å². The lowest BCUT2D eigenvalue weighted by molar-refractivity contribution is 0.0525. The van der Waals surface area contributed by atoms with Crippen LogP contribution in [0.5, 0.6) is 0 Å². The lowest BCUT2D eigenvalue weighted by Crippen LogP contribution is -2.08. The van der Waals surface area contributed by atoms with E-state index in [1.165, 1.54) is 17.4 Å². The van der Waals surface area contributed by atoms with Gasteiger partial charge in [0.1, 0.15) is 11.6 Å². The summed E-state index contributed by atoms with van der Waals surface area (Å²) in [6.45, 7) is 7.16. The zero-order valence-corrected chi connectivity index (χ0v) is 14.7. The van der Waals surface area contributed by atoms with Gasteiger partial charge in [0.2, 0.25) is 5.78 Å². The number of allylic oxidation sites excluding steroid dienone is 1. The predicted octanol–water partition coefficient (Wildman–Crippen LogP) is 3.36. The highest BCUT2D eigenvalue weighted by Gasteiger charge is 2.24. The molecule has 1 N–H and O–H groups in total. The number of nitrogens with zero attached hydrogens (tertiary/aromatic N) is 2. The largest absolute Gasteiger partial charge is 0.462 e. The number of nitriles is 1. The molecule has 0 aromatic carbocycles. The van der Waals surface area contributed by atoms with Gasteiger partial charge >= 0.3 is 5.97 Å². The van der Waals surface area contributed by atoms with E-state index in [1.54, 1.807) is 26.2 Å². The maximum absolute atomic E-state index is 12.7. The number of nitrogens with one attached hydrogen (secondary N) is 1. The molecular weight excluding hydrogens is 326 g/mol. The summed E-state index contributed by atoms with van der Waals surface area (Å²) in [5.74, 6) is -0.959. The molecular formula is C17H17N3O3S. The van der Waals surface area contributed by atoms with Crippen molar-refractivity contribution in [3.8, 4) is 6.07 Å². The lowest BCUT2D eigenvalue weighted by atomic mass is 10.0. The van der Waals surface area contributed by atoms with E-state index in [0.29, 0.717) is 22.5 Å². The first-order chi connectivity index (χ1) is 11.4. The van der Waals surface area contributed by atoms with E-state index in [1.807, 2.05) is 13.0 Å². The van der Waals surface area contributed by atoms with Crippen LogP contribution >= 0.6 is 11.3 Å². The third kappa shape index (κ3) is 3.44. The molecule has 7 heteroatoms. The van der Waals surface area contributed by atoms with Gasteiger partial charge in [0.25, 0.3) is 0 Å². The van der Waals surface area contributed by atoms with Crippen molar-refractivity contribution in [3.05, 3.63) is 44.2 Å². The van der Waals surface area contributed by atoms with Crippen molar-refractivity contribution in [1.82, 2.24) is 9.97 Å². The van der Waals surface area contributed by atoms with Crippen LogP contribution in [0.3, 0.4) is 0 Å². The molecule has 0 saturated heterocycles. The molecule has 0 radical (unpaired) electrons.